The lowest BCUT2D eigenvalue weighted by Crippen LogP contribution is -1.99. The van der Waals surface area contributed by atoms with Gasteiger partial charge in [-0.3, -0.25) is 0 Å². The largest absolute Gasteiger partial charge is 0.380 e. The molecule has 0 amide bonds. The molecule has 0 unspecified atom stereocenters. The maximum atomic E-state index is 6.09. The van der Waals surface area contributed by atoms with Crippen LogP contribution in [-0.2, 0) is 13.1 Å². The molecule has 1 heterocycles. The first-order chi connectivity index (χ1) is 8.20. The molecule has 1 aromatic carbocycles. The Morgan fingerprint density at radius 3 is 2.76 bits per heavy atom. The quantitative estimate of drug-likeness (QED) is 0.868. The summed E-state index contributed by atoms with van der Waals surface area (Å²) in [4.78, 5) is 0. The van der Waals surface area contributed by atoms with E-state index in [0.29, 0.717) is 10.0 Å². The summed E-state index contributed by atoms with van der Waals surface area (Å²) in [5.74, 6) is 0. The van der Waals surface area contributed by atoms with E-state index in [-0.39, 0.29) is 0 Å². The van der Waals surface area contributed by atoms with Gasteiger partial charge in [0.15, 0.2) is 0 Å². The third-order valence-corrected chi connectivity index (χ3v) is 3.43. The summed E-state index contributed by atoms with van der Waals surface area (Å²) < 4.78 is 2.14. The molecular weight excluding hydrogens is 255 g/mol. The van der Waals surface area contributed by atoms with Crippen LogP contribution in [-0.4, -0.2) is 4.57 Å². The fourth-order valence-corrected chi connectivity index (χ4v) is 2.00. The van der Waals surface area contributed by atoms with Crippen LogP contribution in [0.4, 0.5) is 5.69 Å². The van der Waals surface area contributed by atoms with Gasteiger partial charge in [-0.25, -0.2) is 0 Å². The summed E-state index contributed by atoms with van der Waals surface area (Å²) in [6.45, 7) is 3.84. The van der Waals surface area contributed by atoms with Gasteiger partial charge in [0.25, 0.3) is 0 Å². The van der Waals surface area contributed by atoms with Gasteiger partial charge in [0.05, 0.1) is 15.7 Å². The lowest BCUT2D eigenvalue weighted by Gasteiger charge is -2.08. The molecule has 0 fully saturated rings. The topological polar surface area (TPSA) is 17.0 Å². The minimum Gasteiger partial charge on any atom is -0.380 e. The molecule has 1 aromatic heterocycles. The van der Waals surface area contributed by atoms with Crippen LogP contribution in [0.25, 0.3) is 0 Å². The monoisotopic (exact) mass is 268 g/mol. The Hall–Kier alpha value is -1.12. The predicted molar refractivity (Wildman–Crippen MR) is 73.9 cm³/mol. The number of hydrogen-bond donors (Lipinski definition) is 1. The van der Waals surface area contributed by atoms with Gasteiger partial charge >= 0.3 is 0 Å². The molecule has 2 rings (SSSR count). The van der Waals surface area contributed by atoms with Crippen molar-refractivity contribution in [2.24, 2.45) is 0 Å². The van der Waals surface area contributed by atoms with Crippen molar-refractivity contribution in [3.63, 3.8) is 0 Å². The highest BCUT2D eigenvalue weighted by molar-refractivity contribution is 6.43. The summed E-state index contributed by atoms with van der Waals surface area (Å²) in [5, 5.41) is 4.42. The van der Waals surface area contributed by atoms with Crippen molar-refractivity contribution in [1.29, 1.82) is 0 Å². The summed E-state index contributed by atoms with van der Waals surface area (Å²) in [7, 11) is 0. The molecule has 0 spiro atoms. The number of nitrogens with one attached hydrogen (secondary N) is 1. The number of halogens is 2. The zero-order valence-corrected chi connectivity index (χ0v) is 11.1. The Bertz CT molecular complexity index is 506. The van der Waals surface area contributed by atoms with Crippen molar-refractivity contribution in [1.82, 2.24) is 4.57 Å². The number of nitrogens with zero attached hydrogens (tertiary/aromatic N) is 1. The second-order valence-electron chi connectivity index (χ2n) is 3.81. The number of aryl methyl sites for hydroxylation is 1. The maximum Gasteiger partial charge on any atom is 0.0823 e. The minimum absolute atomic E-state index is 0.572. The molecular formula is C13H14Cl2N2. The molecule has 1 N–H and O–H groups in total. The van der Waals surface area contributed by atoms with Crippen LogP contribution in [0.15, 0.2) is 36.7 Å². The fraction of sp³-hybridized carbons (Fsp3) is 0.231. The van der Waals surface area contributed by atoms with E-state index in [1.807, 2.05) is 12.1 Å². The zero-order valence-electron chi connectivity index (χ0n) is 9.58. The third-order valence-electron chi connectivity index (χ3n) is 2.61. The zero-order chi connectivity index (χ0) is 12.3. The summed E-state index contributed by atoms with van der Waals surface area (Å²) >= 11 is 12.0. The van der Waals surface area contributed by atoms with Crippen LogP contribution < -0.4 is 5.32 Å². The Morgan fingerprint density at radius 1 is 1.24 bits per heavy atom. The summed E-state index contributed by atoms with van der Waals surface area (Å²) in [5.41, 5.74) is 2.09. The Kier molecular flexibility index (Phi) is 3.97. The fourth-order valence-electron chi connectivity index (χ4n) is 1.63. The predicted octanol–water partition coefficient (Wildman–Crippen LogP) is 4.43. The van der Waals surface area contributed by atoms with E-state index in [1.54, 1.807) is 6.07 Å². The molecule has 0 bridgehead atoms. The average molecular weight is 269 g/mol. The van der Waals surface area contributed by atoms with Crippen LogP contribution in [0.5, 0.6) is 0 Å². The van der Waals surface area contributed by atoms with Crippen LogP contribution >= 0.6 is 23.2 Å². The van der Waals surface area contributed by atoms with E-state index in [1.165, 1.54) is 5.56 Å². The second-order valence-corrected chi connectivity index (χ2v) is 4.59. The van der Waals surface area contributed by atoms with E-state index >= 15 is 0 Å². The maximum absolute atomic E-state index is 6.09. The molecule has 0 aliphatic heterocycles. The summed E-state index contributed by atoms with van der Waals surface area (Å²) in [6, 6.07) is 7.68. The van der Waals surface area contributed by atoms with Gasteiger partial charge < -0.3 is 9.88 Å². The molecule has 0 aliphatic rings. The molecule has 4 heteroatoms. The van der Waals surface area contributed by atoms with Gasteiger partial charge in [0.2, 0.25) is 0 Å². The van der Waals surface area contributed by atoms with Crippen molar-refractivity contribution >= 4 is 28.9 Å². The highest BCUT2D eigenvalue weighted by atomic mass is 35.5. The van der Waals surface area contributed by atoms with Gasteiger partial charge in [-0.2, -0.15) is 0 Å². The molecule has 0 saturated carbocycles. The van der Waals surface area contributed by atoms with Crippen molar-refractivity contribution in [2.75, 3.05) is 5.32 Å². The highest BCUT2D eigenvalue weighted by Gasteiger charge is 2.03. The first-order valence-electron chi connectivity index (χ1n) is 5.53. The van der Waals surface area contributed by atoms with Gasteiger partial charge in [-0.15, -0.1) is 0 Å². The van der Waals surface area contributed by atoms with Crippen molar-refractivity contribution < 1.29 is 0 Å². The van der Waals surface area contributed by atoms with Gasteiger partial charge in [0.1, 0.15) is 0 Å². The number of hydrogen-bond acceptors (Lipinski definition) is 1. The Labute approximate surface area is 111 Å². The lowest BCUT2D eigenvalue weighted by molar-refractivity contribution is 0.766. The average Bonchev–Trinajstić information content (AvgIpc) is 2.79. The highest BCUT2D eigenvalue weighted by Crippen LogP contribution is 2.29. The van der Waals surface area contributed by atoms with Gasteiger partial charge in [-0.05, 0) is 30.7 Å². The first kappa shape index (κ1) is 12.3. The van der Waals surface area contributed by atoms with Crippen LogP contribution in [0, 0.1) is 0 Å². The summed E-state index contributed by atoms with van der Waals surface area (Å²) in [6.07, 6.45) is 4.18. The normalized spacial score (nSPS) is 10.5. The van der Waals surface area contributed by atoms with Crippen molar-refractivity contribution in [3.05, 3.63) is 52.3 Å². The van der Waals surface area contributed by atoms with Crippen molar-refractivity contribution in [3.8, 4) is 0 Å². The molecule has 0 atom stereocenters. The number of rotatable bonds is 4. The standard InChI is InChI=1S/C13H14Cl2N2/c1-2-17-7-6-10(9-17)8-16-12-5-3-4-11(14)13(12)15/h3-7,9,16H,2,8H2,1H3. The molecule has 0 aliphatic carbocycles. The van der Waals surface area contributed by atoms with Crippen LogP contribution in [0.2, 0.25) is 10.0 Å². The minimum atomic E-state index is 0.572. The first-order valence-corrected chi connectivity index (χ1v) is 6.29. The third kappa shape index (κ3) is 2.96. The van der Waals surface area contributed by atoms with E-state index in [9.17, 15) is 0 Å². The van der Waals surface area contributed by atoms with Crippen LogP contribution in [0.3, 0.4) is 0 Å². The smallest absolute Gasteiger partial charge is 0.0823 e. The number of aromatic nitrogens is 1. The van der Waals surface area contributed by atoms with Gasteiger partial charge in [0, 0.05) is 25.5 Å². The SMILES string of the molecule is CCn1ccc(CNc2cccc(Cl)c2Cl)c1. The van der Waals surface area contributed by atoms with Crippen molar-refractivity contribution in [2.45, 2.75) is 20.0 Å². The number of anilines is 1. The molecule has 17 heavy (non-hydrogen) atoms. The second kappa shape index (κ2) is 5.48. The number of benzene rings is 1. The molecule has 0 saturated heterocycles. The molecule has 2 nitrogen and oxygen atoms in total. The van der Waals surface area contributed by atoms with E-state index < -0.39 is 0 Å². The van der Waals surface area contributed by atoms with Crippen LogP contribution in [0.1, 0.15) is 12.5 Å². The van der Waals surface area contributed by atoms with Gasteiger partial charge in [-0.1, -0.05) is 29.3 Å². The lowest BCUT2D eigenvalue weighted by atomic mass is 10.3. The Morgan fingerprint density at radius 2 is 2.06 bits per heavy atom. The van der Waals surface area contributed by atoms with E-state index in [4.69, 9.17) is 23.2 Å². The molecule has 0 radical (unpaired) electrons. The van der Waals surface area contributed by atoms with E-state index in [0.717, 1.165) is 18.8 Å². The Balaban J connectivity index is 2.04. The van der Waals surface area contributed by atoms with E-state index in [2.05, 4.69) is 35.3 Å². The molecule has 90 valence electrons. The molecule has 2 aromatic rings.